The zero-order valence-electron chi connectivity index (χ0n) is 7.84. The zero-order chi connectivity index (χ0) is 10.1. The lowest BCUT2D eigenvalue weighted by molar-refractivity contribution is -0.137. The lowest BCUT2D eigenvalue weighted by Crippen LogP contribution is -2.12. The Morgan fingerprint density at radius 2 is 2.46 bits per heavy atom. The van der Waals surface area contributed by atoms with E-state index in [4.69, 9.17) is 0 Å². The molecular formula is C9H15NO3. The summed E-state index contributed by atoms with van der Waals surface area (Å²) in [7, 11) is 0. The highest BCUT2D eigenvalue weighted by atomic mass is 16.5. The van der Waals surface area contributed by atoms with Gasteiger partial charge in [0.05, 0.1) is 6.26 Å². The Kier molecular flexibility index (Phi) is 6.59. The molecule has 1 aliphatic rings. The van der Waals surface area contributed by atoms with E-state index in [-0.39, 0.29) is 11.9 Å². The summed E-state index contributed by atoms with van der Waals surface area (Å²) in [5, 5.41) is 2.68. The SMILES string of the molecule is C=COC(=O)CC.O=C1CCCN1. The van der Waals surface area contributed by atoms with Crippen molar-refractivity contribution in [3.63, 3.8) is 0 Å². The van der Waals surface area contributed by atoms with Crippen LogP contribution in [0.3, 0.4) is 0 Å². The van der Waals surface area contributed by atoms with Crippen molar-refractivity contribution in [3.05, 3.63) is 12.8 Å². The third-order valence-corrected chi connectivity index (χ3v) is 1.41. The average molecular weight is 185 g/mol. The zero-order valence-corrected chi connectivity index (χ0v) is 7.84. The van der Waals surface area contributed by atoms with Gasteiger partial charge in [0.25, 0.3) is 0 Å². The van der Waals surface area contributed by atoms with Gasteiger partial charge in [-0.2, -0.15) is 0 Å². The molecule has 0 aromatic heterocycles. The highest BCUT2D eigenvalue weighted by Gasteiger charge is 2.05. The molecule has 0 aromatic carbocycles. The Balaban J connectivity index is 0.000000223. The Labute approximate surface area is 78.0 Å². The first-order chi connectivity index (χ1) is 6.20. The van der Waals surface area contributed by atoms with E-state index in [0.717, 1.165) is 25.6 Å². The molecule has 4 nitrogen and oxygen atoms in total. The molecule has 0 radical (unpaired) electrons. The predicted molar refractivity (Wildman–Crippen MR) is 48.8 cm³/mol. The number of hydrogen-bond acceptors (Lipinski definition) is 3. The number of carbonyl (C=O) groups excluding carboxylic acids is 2. The number of ether oxygens (including phenoxy) is 1. The highest BCUT2D eigenvalue weighted by molar-refractivity contribution is 5.77. The Bertz CT molecular complexity index is 181. The van der Waals surface area contributed by atoms with Crippen molar-refractivity contribution >= 4 is 11.9 Å². The number of esters is 1. The van der Waals surface area contributed by atoms with Crippen molar-refractivity contribution in [3.8, 4) is 0 Å². The lowest BCUT2D eigenvalue weighted by atomic mass is 10.4. The smallest absolute Gasteiger partial charge is 0.310 e. The van der Waals surface area contributed by atoms with Gasteiger partial charge in [0.1, 0.15) is 0 Å². The molecular weight excluding hydrogens is 170 g/mol. The quantitative estimate of drug-likeness (QED) is 0.515. The molecule has 1 fully saturated rings. The summed E-state index contributed by atoms with van der Waals surface area (Å²) in [5.74, 6) is -0.0370. The molecule has 0 bridgehead atoms. The van der Waals surface area contributed by atoms with Gasteiger partial charge in [0, 0.05) is 19.4 Å². The van der Waals surface area contributed by atoms with Crippen LogP contribution in [0.15, 0.2) is 12.8 Å². The van der Waals surface area contributed by atoms with Gasteiger partial charge in [-0.25, -0.2) is 0 Å². The first-order valence-corrected chi connectivity index (χ1v) is 4.27. The summed E-state index contributed by atoms with van der Waals surface area (Å²) >= 11 is 0. The van der Waals surface area contributed by atoms with Crippen LogP contribution < -0.4 is 5.32 Å². The van der Waals surface area contributed by atoms with Crippen LogP contribution in [0, 0.1) is 0 Å². The highest BCUT2D eigenvalue weighted by Crippen LogP contribution is 1.93. The van der Waals surface area contributed by atoms with Crippen LogP contribution in [0.2, 0.25) is 0 Å². The van der Waals surface area contributed by atoms with Crippen molar-refractivity contribution in [2.45, 2.75) is 26.2 Å². The summed E-state index contributed by atoms with van der Waals surface area (Å²) in [6.07, 6.45) is 3.30. The summed E-state index contributed by atoms with van der Waals surface area (Å²) in [6.45, 7) is 5.82. The van der Waals surface area contributed by atoms with E-state index in [1.807, 2.05) is 0 Å². The average Bonchev–Trinajstić information content (AvgIpc) is 2.57. The summed E-state index contributed by atoms with van der Waals surface area (Å²) in [5.41, 5.74) is 0. The van der Waals surface area contributed by atoms with E-state index in [0.29, 0.717) is 6.42 Å². The number of amides is 1. The normalized spacial score (nSPS) is 13.8. The second kappa shape index (κ2) is 7.34. The largest absolute Gasteiger partial charge is 0.435 e. The molecule has 74 valence electrons. The fourth-order valence-corrected chi connectivity index (χ4v) is 0.741. The van der Waals surface area contributed by atoms with Gasteiger partial charge in [-0.05, 0) is 6.42 Å². The molecule has 1 heterocycles. The van der Waals surface area contributed by atoms with Gasteiger partial charge < -0.3 is 10.1 Å². The third kappa shape index (κ3) is 7.05. The molecule has 4 heteroatoms. The van der Waals surface area contributed by atoms with Crippen LogP contribution >= 0.6 is 0 Å². The van der Waals surface area contributed by atoms with Crippen LogP contribution in [0.1, 0.15) is 26.2 Å². The first kappa shape index (κ1) is 11.7. The molecule has 1 rings (SSSR count). The molecule has 0 spiro atoms. The van der Waals surface area contributed by atoms with Gasteiger partial charge in [0.15, 0.2) is 0 Å². The van der Waals surface area contributed by atoms with Gasteiger partial charge in [-0.3, -0.25) is 9.59 Å². The monoisotopic (exact) mass is 185 g/mol. The second-order valence-electron chi connectivity index (χ2n) is 2.46. The molecule has 0 saturated carbocycles. The topological polar surface area (TPSA) is 55.4 Å². The lowest BCUT2D eigenvalue weighted by Gasteiger charge is -1.88. The molecule has 1 amide bonds. The minimum absolute atomic E-state index is 0.204. The fraction of sp³-hybridized carbons (Fsp3) is 0.556. The molecule has 1 aliphatic heterocycles. The summed E-state index contributed by atoms with van der Waals surface area (Å²) in [6, 6.07) is 0. The number of carbonyl (C=O) groups is 2. The van der Waals surface area contributed by atoms with Crippen LogP contribution in [0.25, 0.3) is 0 Å². The van der Waals surface area contributed by atoms with Crippen LogP contribution in [0.5, 0.6) is 0 Å². The van der Waals surface area contributed by atoms with E-state index in [1.165, 1.54) is 0 Å². The fourth-order valence-electron chi connectivity index (χ4n) is 0.741. The number of nitrogens with one attached hydrogen (secondary N) is 1. The molecule has 0 aromatic rings. The minimum atomic E-state index is -0.241. The van der Waals surface area contributed by atoms with Crippen molar-refractivity contribution < 1.29 is 14.3 Å². The number of rotatable bonds is 2. The number of hydrogen-bond donors (Lipinski definition) is 1. The third-order valence-electron chi connectivity index (χ3n) is 1.41. The van der Waals surface area contributed by atoms with Crippen LogP contribution in [-0.4, -0.2) is 18.4 Å². The van der Waals surface area contributed by atoms with Gasteiger partial charge in [0.2, 0.25) is 5.91 Å². The molecule has 0 atom stereocenters. The van der Waals surface area contributed by atoms with E-state index in [9.17, 15) is 9.59 Å². The van der Waals surface area contributed by atoms with Crippen molar-refractivity contribution in [1.82, 2.24) is 5.32 Å². The standard InChI is InChI=1S/C5H8O2.C4H7NO/c1-3-5(6)7-4-2;6-4-2-1-3-5-4/h4H,2-3H2,1H3;1-3H2,(H,5,6). The van der Waals surface area contributed by atoms with Gasteiger partial charge in [-0.1, -0.05) is 13.5 Å². The molecule has 13 heavy (non-hydrogen) atoms. The van der Waals surface area contributed by atoms with Gasteiger partial charge in [-0.15, -0.1) is 0 Å². The molecule has 0 aliphatic carbocycles. The summed E-state index contributed by atoms with van der Waals surface area (Å²) < 4.78 is 4.32. The van der Waals surface area contributed by atoms with E-state index in [2.05, 4.69) is 16.6 Å². The van der Waals surface area contributed by atoms with Crippen molar-refractivity contribution in [2.24, 2.45) is 0 Å². The molecule has 1 N–H and O–H groups in total. The Morgan fingerprint density at radius 1 is 1.77 bits per heavy atom. The maximum atomic E-state index is 10.1. The first-order valence-electron chi connectivity index (χ1n) is 4.27. The Morgan fingerprint density at radius 3 is 2.62 bits per heavy atom. The van der Waals surface area contributed by atoms with Crippen LogP contribution in [0.4, 0.5) is 0 Å². The van der Waals surface area contributed by atoms with Gasteiger partial charge >= 0.3 is 5.97 Å². The van der Waals surface area contributed by atoms with Crippen molar-refractivity contribution in [1.29, 1.82) is 0 Å². The minimum Gasteiger partial charge on any atom is -0.435 e. The maximum absolute atomic E-state index is 10.1. The molecule has 0 unspecified atom stereocenters. The van der Waals surface area contributed by atoms with Crippen LogP contribution in [-0.2, 0) is 14.3 Å². The predicted octanol–water partition coefficient (Wildman–Crippen LogP) is 0.980. The molecule has 1 saturated heterocycles. The Hall–Kier alpha value is -1.32. The summed E-state index contributed by atoms with van der Waals surface area (Å²) in [4.78, 5) is 20.3. The maximum Gasteiger partial charge on any atom is 0.310 e. The van der Waals surface area contributed by atoms with E-state index < -0.39 is 0 Å². The van der Waals surface area contributed by atoms with E-state index in [1.54, 1.807) is 6.92 Å². The van der Waals surface area contributed by atoms with Crippen molar-refractivity contribution in [2.75, 3.05) is 6.54 Å². The second-order valence-corrected chi connectivity index (χ2v) is 2.46. The van der Waals surface area contributed by atoms with E-state index >= 15 is 0 Å².